The first-order valence-corrected chi connectivity index (χ1v) is 7.82. The average molecular weight is 384 g/mol. The molecule has 25 heavy (non-hydrogen) atoms. The van der Waals surface area contributed by atoms with Crippen LogP contribution in [0.3, 0.4) is 0 Å². The Morgan fingerprint density at radius 3 is 2.36 bits per heavy atom. The van der Waals surface area contributed by atoms with E-state index in [4.69, 9.17) is 23.2 Å². The van der Waals surface area contributed by atoms with Crippen molar-refractivity contribution in [1.29, 1.82) is 0 Å². The summed E-state index contributed by atoms with van der Waals surface area (Å²) in [6.07, 6.45) is -4.45. The molecule has 0 unspecified atom stereocenters. The van der Waals surface area contributed by atoms with E-state index in [1.54, 1.807) is 24.3 Å². The fraction of sp³-hybridized carbons (Fsp3) is 0.0588. The van der Waals surface area contributed by atoms with Crippen molar-refractivity contribution in [1.82, 2.24) is 9.97 Å². The van der Waals surface area contributed by atoms with Gasteiger partial charge in [-0.1, -0.05) is 41.4 Å². The zero-order chi connectivity index (χ0) is 18.0. The van der Waals surface area contributed by atoms with Crippen LogP contribution in [-0.4, -0.2) is 9.97 Å². The van der Waals surface area contributed by atoms with Crippen LogP contribution < -0.4 is 5.32 Å². The molecule has 0 radical (unpaired) electrons. The highest BCUT2D eigenvalue weighted by atomic mass is 35.5. The van der Waals surface area contributed by atoms with E-state index in [-0.39, 0.29) is 16.5 Å². The fourth-order valence-corrected chi connectivity index (χ4v) is 2.53. The number of alkyl halides is 3. The zero-order valence-electron chi connectivity index (χ0n) is 12.5. The van der Waals surface area contributed by atoms with E-state index in [2.05, 4.69) is 15.3 Å². The minimum Gasteiger partial charge on any atom is -0.340 e. The molecule has 2 aromatic carbocycles. The maximum atomic E-state index is 12.9. The molecule has 0 saturated carbocycles. The molecule has 3 nitrogen and oxygen atoms in total. The number of anilines is 2. The SMILES string of the molecule is FC(F)(F)c1cccc(-c2nc(Cl)cc(Nc3cccc(Cl)c3)n2)c1. The number of nitrogens with one attached hydrogen (secondary N) is 1. The molecule has 0 atom stereocenters. The van der Waals surface area contributed by atoms with Crippen LogP contribution in [0.1, 0.15) is 5.56 Å². The van der Waals surface area contributed by atoms with Crippen molar-refractivity contribution in [3.8, 4) is 11.4 Å². The highest BCUT2D eigenvalue weighted by Crippen LogP contribution is 2.32. The van der Waals surface area contributed by atoms with Gasteiger partial charge in [-0.05, 0) is 30.3 Å². The lowest BCUT2D eigenvalue weighted by atomic mass is 10.1. The van der Waals surface area contributed by atoms with Crippen molar-refractivity contribution in [2.75, 3.05) is 5.32 Å². The molecule has 1 N–H and O–H groups in total. The maximum Gasteiger partial charge on any atom is 0.416 e. The van der Waals surface area contributed by atoms with Crippen molar-refractivity contribution in [3.05, 3.63) is 70.3 Å². The van der Waals surface area contributed by atoms with Crippen LogP contribution in [0.15, 0.2) is 54.6 Å². The lowest BCUT2D eigenvalue weighted by Gasteiger charge is -2.10. The number of hydrogen-bond donors (Lipinski definition) is 1. The molecular formula is C17H10Cl2F3N3. The van der Waals surface area contributed by atoms with Gasteiger partial charge in [-0.25, -0.2) is 9.97 Å². The van der Waals surface area contributed by atoms with Gasteiger partial charge in [0.15, 0.2) is 5.82 Å². The molecule has 0 bridgehead atoms. The van der Waals surface area contributed by atoms with E-state index in [1.807, 2.05) is 0 Å². The number of benzene rings is 2. The third-order valence-electron chi connectivity index (χ3n) is 3.24. The summed E-state index contributed by atoms with van der Waals surface area (Å²) in [4.78, 5) is 8.24. The summed E-state index contributed by atoms with van der Waals surface area (Å²) in [6.45, 7) is 0. The number of halogens is 5. The molecule has 8 heteroatoms. The molecule has 0 amide bonds. The van der Waals surface area contributed by atoms with Gasteiger partial charge in [-0.2, -0.15) is 13.2 Å². The Kier molecular flexibility index (Phi) is 4.83. The number of hydrogen-bond acceptors (Lipinski definition) is 3. The first-order valence-electron chi connectivity index (χ1n) is 7.06. The molecule has 0 aliphatic heterocycles. The molecule has 0 aliphatic carbocycles. The van der Waals surface area contributed by atoms with Crippen LogP contribution in [0.5, 0.6) is 0 Å². The Morgan fingerprint density at radius 1 is 0.880 bits per heavy atom. The number of nitrogens with zero attached hydrogens (tertiary/aromatic N) is 2. The van der Waals surface area contributed by atoms with Crippen molar-refractivity contribution in [2.24, 2.45) is 0 Å². The third-order valence-corrected chi connectivity index (χ3v) is 3.67. The maximum absolute atomic E-state index is 12.9. The molecule has 0 saturated heterocycles. The predicted molar refractivity (Wildman–Crippen MR) is 92.2 cm³/mol. The third kappa shape index (κ3) is 4.41. The van der Waals surface area contributed by atoms with Crippen molar-refractivity contribution < 1.29 is 13.2 Å². The van der Waals surface area contributed by atoms with Gasteiger partial charge < -0.3 is 5.32 Å². The van der Waals surface area contributed by atoms with Crippen LogP contribution >= 0.6 is 23.2 Å². The topological polar surface area (TPSA) is 37.8 Å². The highest BCUT2D eigenvalue weighted by Gasteiger charge is 2.30. The second-order valence-electron chi connectivity index (χ2n) is 5.11. The molecule has 1 aromatic heterocycles. The molecule has 3 rings (SSSR count). The van der Waals surface area contributed by atoms with Gasteiger partial charge in [-0.15, -0.1) is 0 Å². The molecule has 0 spiro atoms. The van der Waals surface area contributed by atoms with E-state index in [0.29, 0.717) is 16.5 Å². The van der Waals surface area contributed by atoms with Gasteiger partial charge in [0.05, 0.1) is 5.56 Å². The lowest BCUT2D eigenvalue weighted by Crippen LogP contribution is -2.05. The van der Waals surface area contributed by atoms with Crippen LogP contribution in [0, 0.1) is 0 Å². The summed E-state index contributed by atoms with van der Waals surface area (Å²) in [5.74, 6) is 0.429. The van der Waals surface area contributed by atoms with Gasteiger partial charge in [0.25, 0.3) is 0 Å². The van der Waals surface area contributed by atoms with Crippen LogP contribution in [0.25, 0.3) is 11.4 Å². The summed E-state index contributed by atoms with van der Waals surface area (Å²) < 4.78 is 38.6. The quantitative estimate of drug-likeness (QED) is 0.546. The Labute approximate surface area is 151 Å². The van der Waals surface area contributed by atoms with E-state index in [9.17, 15) is 13.2 Å². The molecule has 128 valence electrons. The van der Waals surface area contributed by atoms with Gasteiger partial charge in [0, 0.05) is 22.3 Å². The van der Waals surface area contributed by atoms with E-state index >= 15 is 0 Å². The standard InChI is InChI=1S/C17H10Cl2F3N3/c18-12-5-2-6-13(8-12)23-15-9-14(19)24-16(25-15)10-3-1-4-11(7-10)17(20,21)22/h1-9H,(H,23,24,25). The minimum absolute atomic E-state index is 0.0862. The van der Waals surface area contributed by atoms with Gasteiger partial charge >= 0.3 is 6.18 Å². The van der Waals surface area contributed by atoms with E-state index < -0.39 is 11.7 Å². The summed E-state index contributed by atoms with van der Waals surface area (Å²) in [7, 11) is 0. The molecule has 0 fully saturated rings. The van der Waals surface area contributed by atoms with Crippen LogP contribution in [-0.2, 0) is 6.18 Å². The first-order chi connectivity index (χ1) is 11.8. The second-order valence-corrected chi connectivity index (χ2v) is 5.94. The average Bonchev–Trinajstić information content (AvgIpc) is 2.54. The molecule has 0 aliphatic rings. The smallest absolute Gasteiger partial charge is 0.340 e. The summed E-state index contributed by atoms with van der Waals surface area (Å²) >= 11 is 11.9. The Hall–Kier alpha value is -2.31. The number of aromatic nitrogens is 2. The van der Waals surface area contributed by atoms with Crippen molar-refractivity contribution in [2.45, 2.75) is 6.18 Å². The first kappa shape index (κ1) is 17.5. The van der Waals surface area contributed by atoms with Gasteiger partial charge in [0.1, 0.15) is 11.0 Å². The normalized spacial score (nSPS) is 11.4. The van der Waals surface area contributed by atoms with Gasteiger partial charge in [0.2, 0.25) is 0 Å². The summed E-state index contributed by atoms with van der Waals surface area (Å²) in [5.41, 5.74) is 0.0988. The summed E-state index contributed by atoms with van der Waals surface area (Å²) in [5, 5.41) is 3.63. The molecule has 1 heterocycles. The lowest BCUT2D eigenvalue weighted by molar-refractivity contribution is -0.137. The van der Waals surface area contributed by atoms with Crippen LogP contribution in [0.2, 0.25) is 10.2 Å². The van der Waals surface area contributed by atoms with Crippen LogP contribution in [0.4, 0.5) is 24.7 Å². The largest absolute Gasteiger partial charge is 0.416 e. The summed E-state index contributed by atoms with van der Waals surface area (Å²) in [6, 6.07) is 13.1. The highest BCUT2D eigenvalue weighted by molar-refractivity contribution is 6.31. The molecular weight excluding hydrogens is 374 g/mol. The second kappa shape index (κ2) is 6.90. The van der Waals surface area contributed by atoms with Crippen molar-refractivity contribution in [3.63, 3.8) is 0 Å². The monoisotopic (exact) mass is 383 g/mol. The number of rotatable bonds is 3. The van der Waals surface area contributed by atoms with Gasteiger partial charge in [-0.3, -0.25) is 0 Å². The molecule has 3 aromatic rings. The zero-order valence-corrected chi connectivity index (χ0v) is 14.0. The Bertz CT molecular complexity index is 914. The predicted octanol–water partition coefficient (Wildman–Crippen LogP) is 6.21. The van der Waals surface area contributed by atoms with E-state index in [0.717, 1.165) is 12.1 Å². The minimum atomic E-state index is -4.45. The Morgan fingerprint density at radius 2 is 1.64 bits per heavy atom. The van der Waals surface area contributed by atoms with Crippen molar-refractivity contribution >= 4 is 34.7 Å². The fourth-order valence-electron chi connectivity index (χ4n) is 2.16. The Balaban J connectivity index is 1.97. The van der Waals surface area contributed by atoms with E-state index in [1.165, 1.54) is 18.2 Å².